The Labute approximate surface area is 154 Å². The number of ether oxygens (including phenoxy) is 4. The maximum atomic E-state index is 9.62. The molecule has 5 heteroatoms. The van der Waals surface area contributed by atoms with Gasteiger partial charge in [-0.3, -0.25) is 0 Å². The molecule has 0 aromatic heterocycles. The smallest absolute Gasteiger partial charge is 0.161 e. The van der Waals surface area contributed by atoms with Gasteiger partial charge in [0.25, 0.3) is 0 Å². The second-order valence-corrected chi connectivity index (χ2v) is 5.31. The molecule has 0 aliphatic heterocycles. The van der Waals surface area contributed by atoms with Crippen molar-refractivity contribution in [1.82, 2.24) is 0 Å². The summed E-state index contributed by atoms with van der Waals surface area (Å²) < 4.78 is 21.8. The molecule has 0 aliphatic rings. The van der Waals surface area contributed by atoms with E-state index in [-0.39, 0.29) is 0 Å². The molecule has 0 saturated heterocycles. The summed E-state index contributed by atoms with van der Waals surface area (Å²) in [5.74, 6) is 2.55. The van der Waals surface area contributed by atoms with Crippen molar-refractivity contribution in [3.05, 3.63) is 47.5 Å². The monoisotopic (exact) mass is 353 g/mol. The second kappa shape index (κ2) is 9.38. The van der Waals surface area contributed by atoms with Gasteiger partial charge in [0.2, 0.25) is 0 Å². The molecule has 26 heavy (non-hydrogen) atoms. The lowest BCUT2D eigenvalue weighted by atomic mass is 10.0. The van der Waals surface area contributed by atoms with Crippen molar-refractivity contribution in [2.75, 3.05) is 27.4 Å². The summed E-state index contributed by atoms with van der Waals surface area (Å²) in [6, 6.07) is 13.3. The minimum atomic E-state index is 0.515. The summed E-state index contributed by atoms with van der Waals surface area (Å²) >= 11 is 0. The van der Waals surface area contributed by atoms with Gasteiger partial charge in [-0.05, 0) is 61.4 Å². The molecule has 0 heterocycles. The van der Waals surface area contributed by atoms with Crippen LogP contribution in [0.5, 0.6) is 23.0 Å². The van der Waals surface area contributed by atoms with Crippen LogP contribution < -0.4 is 18.9 Å². The molecule has 0 bridgehead atoms. The van der Waals surface area contributed by atoms with Crippen LogP contribution in [-0.2, 0) is 0 Å². The molecule has 0 saturated carbocycles. The molecule has 2 rings (SSSR count). The zero-order chi connectivity index (χ0) is 18.9. The Morgan fingerprint density at radius 2 is 1.54 bits per heavy atom. The topological polar surface area (TPSA) is 60.7 Å². The standard InChI is InChI=1S/C21H23NO4/c1-5-25-19-10-8-16(13-21(19)26-6-2)17(14-22)11-15-7-9-18(23-3)20(12-15)24-4/h7-13H,5-6H2,1-4H3/b17-11-. The summed E-state index contributed by atoms with van der Waals surface area (Å²) in [7, 11) is 3.17. The van der Waals surface area contributed by atoms with Crippen molar-refractivity contribution >= 4 is 11.6 Å². The van der Waals surface area contributed by atoms with Crippen LogP contribution in [0, 0.1) is 11.3 Å². The van der Waals surface area contributed by atoms with Gasteiger partial charge in [0.15, 0.2) is 23.0 Å². The molecule has 0 atom stereocenters. The van der Waals surface area contributed by atoms with Crippen LogP contribution in [0.25, 0.3) is 11.6 Å². The van der Waals surface area contributed by atoms with Crippen LogP contribution in [0.2, 0.25) is 0 Å². The zero-order valence-corrected chi connectivity index (χ0v) is 15.5. The minimum absolute atomic E-state index is 0.515. The molecular weight excluding hydrogens is 330 g/mol. The lowest BCUT2D eigenvalue weighted by Crippen LogP contribution is -1.99. The third kappa shape index (κ3) is 4.48. The second-order valence-electron chi connectivity index (χ2n) is 5.31. The van der Waals surface area contributed by atoms with Gasteiger partial charge in [-0.15, -0.1) is 0 Å². The maximum Gasteiger partial charge on any atom is 0.161 e. The summed E-state index contributed by atoms with van der Waals surface area (Å²) in [6.45, 7) is 4.89. The van der Waals surface area contributed by atoms with E-state index < -0.39 is 0 Å². The van der Waals surface area contributed by atoms with E-state index in [2.05, 4.69) is 6.07 Å². The van der Waals surface area contributed by atoms with Crippen LogP contribution in [-0.4, -0.2) is 27.4 Å². The Bertz CT molecular complexity index is 821. The fraction of sp³-hybridized carbons (Fsp3) is 0.286. The van der Waals surface area contributed by atoms with E-state index in [0.29, 0.717) is 41.8 Å². The summed E-state index contributed by atoms with van der Waals surface area (Å²) in [6.07, 6.45) is 1.80. The SMILES string of the molecule is CCOc1ccc(/C(C#N)=C\c2ccc(OC)c(OC)c2)cc1OCC. The summed E-state index contributed by atoms with van der Waals surface area (Å²) in [5.41, 5.74) is 2.11. The molecule has 0 amide bonds. The number of hydrogen-bond donors (Lipinski definition) is 0. The lowest BCUT2D eigenvalue weighted by Gasteiger charge is -2.12. The third-order valence-electron chi connectivity index (χ3n) is 3.69. The van der Waals surface area contributed by atoms with Gasteiger partial charge in [-0.25, -0.2) is 0 Å². The quantitative estimate of drug-likeness (QED) is 0.514. The molecule has 136 valence electrons. The summed E-state index contributed by atoms with van der Waals surface area (Å²) in [4.78, 5) is 0. The number of methoxy groups -OCH3 is 2. The molecule has 2 aromatic rings. The van der Waals surface area contributed by atoms with Crippen LogP contribution in [0.1, 0.15) is 25.0 Å². The Hall–Kier alpha value is -3.13. The summed E-state index contributed by atoms with van der Waals surface area (Å²) in [5, 5.41) is 9.62. The molecule has 0 N–H and O–H groups in total. The first kappa shape index (κ1) is 19.2. The Kier molecular flexibility index (Phi) is 6.92. The van der Waals surface area contributed by atoms with E-state index in [1.807, 2.05) is 50.2 Å². The van der Waals surface area contributed by atoms with E-state index in [0.717, 1.165) is 11.1 Å². The first-order chi connectivity index (χ1) is 12.7. The number of benzene rings is 2. The maximum absolute atomic E-state index is 9.62. The van der Waals surface area contributed by atoms with E-state index in [1.54, 1.807) is 20.3 Å². The molecule has 0 radical (unpaired) electrons. The van der Waals surface area contributed by atoms with Gasteiger partial charge in [-0.2, -0.15) is 5.26 Å². The van der Waals surface area contributed by atoms with Crippen LogP contribution in [0.4, 0.5) is 0 Å². The molecule has 0 spiro atoms. The highest BCUT2D eigenvalue weighted by Gasteiger charge is 2.10. The molecule has 5 nitrogen and oxygen atoms in total. The predicted octanol–water partition coefficient (Wildman–Crippen LogP) is 4.57. The van der Waals surface area contributed by atoms with Crippen LogP contribution in [0.3, 0.4) is 0 Å². The highest BCUT2D eigenvalue weighted by Crippen LogP contribution is 2.33. The molecule has 0 fully saturated rings. The van der Waals surface area contributed by atoms with Crippen molar-refractivity contribution in [3.8, 4) is 29.1 Å². The number of nitriles is 1. The van der Waals surface area contributed by atoms with E-state index in [9.17, 15) is 5.26 Å². The third-order valence-corrected chi connectivity index (χ3v) is 3.69. The van der Waals surface area contributed by atoms with Gasteiger partial charge in [0, 0.05) is 0 Å². The van der Waals surface area contributed by atoms with Gasteiger partial charge >= 0.3 is 0 Å². The number of nitrogens with zero attached hydrogens (tertiary/aromatic N) is 1. The van der Waals surface area contributed by atoms with Crippen molar-refractivity contribution in [1.29, 1.82) is 5.26 Å². The van der Waals surface area contributed by atoms with Crippen molar-refractivity contribution in [2.45, 2.75) is 13.8 Å². The van der Waals surface area contributed by atoms with Crippen molar-refractivity contribution < 1.29 is 18.9 Å². The van der Waals surface area contributed by atoms with Gasteiger partial charge in [0.05, 0.1) is 39.1 Å². The largest absolute Gasteiger partial charge is 0.493 e. The number of hydrogen-bond acceptors (Lipinski definition) is 5. The minimum Gasteiger partial charge on any atom is -0.493 e. The van der Waals surface area contributed by atoms with Gasteiger partial charge < -0.3 is 18.9 Å². The van der Waals surface area contributed by atoms with E-state index >= 15 is 0 Å². The van der Waals surface area contributed by atoms with Gasteiger partial charge in [-0.1, -0.05) is 6.07 Å². The van der Waals surface area contributed by atoms with Crippen molar-refractivity contribution in [2.24, 2.45) is 0 Å². The fourth-order valence-electron chi connectivity index (χ4n) is 2.51. The lowest BCUT2D eigenvalue weighted by molar-refractivity contribution is 0.287. The van der Waals surface area contributed by atoms with Gasteiger partial charge in [0.1, 0.15) is 0 Å². The molecular formula is C21H23NO4. The number of rotatable bonds is 8. The normalized spacial score (nSPS) is 10.8. The van der Waals surface area contributed by atoms with E-state index in [4.69, 9.17) is 18.9 Å². The first-order valence-electron chi connectivity index (χ1n) is 8.40. The molecule has 2 aromatic carbocycles. The highest BCUT2D eigenvalue weighted by atomic mass is 16.5. The van der Waals surface area contributed by atoms with Crippen LogP contribution in [0.15, 0.2) is 36.4 Å². The fourth-order valence-corrected chi connectivity index (χ4v) is 2.51. The Balaban J connectivity index is 2.43. The Morgan fingerprint density at radius 1 is 0.885 bits per heavy atom. The zero-order valence-electron chi connectivity index (χ0n) is 15.5. The highest BCUT2D eigenvalue weighted by molar-refractivity contribution is 5.90. The first-order valence-corrected chi connectivity index (χ1v) is 8.40. The predicted molar refractivity (Wildman–Crippen MR) is 102 cm³/mol. The number of allylic oxidation sites excluding steroid dienone is 1. The average molecular weight is 353 g/mol. The van der Waals surface area contributed by atoms with Crippen molar-refractivity contribution in [3.63, 3.8) is 0 Å². The van der Waals surface area contributed by atoms with Crippen LogP contribution >= 0.6 is 0 Å². The average Bonchev–Trinajstić information content (AvgIpc) is 2.67. The van der Waals surface area contributed by atoms with E-state index in [1.165, 1.54) is 0 Å². The Morgan fingerprint density at radius 3 is 2.15 bits per heavy atom. The molecule has 0 aliphatic carbocycles. The molecule has 0 unspecified atom stereocenters.